The zero-order valence-electron chi connectivity index (χ0n) is 10.9. The molecule has 2 heterocycles. The molecule has 2 rings (SSSR count). The van der Waals surface area contributed by atoms with Crippen molar-refractivity contribution >= 4 is 0 Å². The van der Waals surface area contributed by atoms with Crippen molar-refractivity contribution in [2.75, 3.05) is 20.3 Å². The van der Waals surface area contributed by atoms with E-state index >= 15 is 0 Å². The predicted molar refractivity (Wildman–Crippen MR) is 61.5 cm³/mol. The van der Waals surface area contributed by atoms with Crippen molar-refractivity contribution in [2.45, 2.75) is 48.5 Å². The molecule has 0 aliphatic carbocycles. The second-order valence-electron chi connectivity index (χ2n) is 5.10. The van der Waals surface area contributed by atoms with Crippen molar-refractivity contribution in [1.82, 2.24) is 0 Å². The summed E-state index contributed by atoms with van der Waals surface area (Å²) < 4.78 is 14.9. The molecule has 9 heteroatoms. The largest absolute Gasteiger partial charge is 0.394 e. The van der Waals surface area contributed by atoms with E-state index in [0.717, 1.165) is 0 Å². The minimum Gasteiger partial charge on any atom is -0.394 e. The zero-order valence-corrected chi connectivity index (χ0v) is 10.9. The van der Waals surface area contributed by atoms with Gasteiger partial charge in [-0.15, -0.1) is 0 Å². The smallest absolute Gasteiger partial charge is 0.186 e. The lowest BCUT2D eigenvalue weighted by Crippen LogP contribution is -2.60. The molecule has 1 unspecified atom stereocenters. The van der Waals surface area contributed by atoms with Crippen molar-refractivity contribution < 1.29 is 44.8 Å². The van der Waals surface area contributed by atoms with Crippen molar-refractivity contribution in [1.29, 1.82) is 0 Å². The Kier molecular flexibility index (Phi) is 4.64. The lowest BCUT2D eigenvalue weighted by atomic mass is 9.85. The first-order valence-corrected chi connectivity index (χ1v) is 6.22. The first kappa shape index (κ1) is 16.0. The summed E-state index contributed by atoms with van der Waals surface area (Å²) in [4.78, 5) is 0. The summed E-state index contributed by atoms with van der Waals surface area (Å²) in [6.45, 7) is -0.978. The molecule has 0 aromatic carbocycles. The minimum atomic E-state index is -2.12. The summed E-state index contributed by atoms with van der Waals surface area (Å²) >= 11 is 0. The Bertz CT molecular complexity index is 340. The lowest BCUT2D eigenvalue weighted by Gasteiger charge is -2.35. The Hall–Kier alpha value is -0.360. The molecule has 9 nitrogen and oxygen atoms in total. The highest BCUT2D eigenvalue weighted by molar-refractivity contribution is 5.07. The van der Waals surface area contributed by atoms with E-state index < -0.39 is 61.7 Å². The highest BCUT2D eigenvalue weighted by Crippen LogP contribution is 2.34. The monoisotopic (exact) mass is 296 g/mol. The predicted octanol–water partition coefficient (Wildman–Crippen LogP) is -4.08. The van der Waals surface area contributed by atoms with Crippen LogP contribution in [0, 0.1) is 0 Å². The molecule has 0 aromatic rings. The van der Waals surface area contributed by atoms with E-state index in [-0.39, 0.29) is 0 Å². The Morgan fingerprint density at radius 1 is 1.30 bits per heavy atom. The van der Waals surface area contributed by atoms with Crippen molar-refractivity contribution in [2.24, 2.45) is 0 Å². The van der Waals surface area contributed by atoms with Gasteiger partial charge in [-0.05, 0) is 0 Å². The molecular weight excluding hydrogens is 276 g/mol. The van der Waals surface area contributed by atoms with Gasteiger partial charge in [0.05, 0.1) is 13.2 Å². The van der Waals surface area contributed by atoms with Crippen LogP contribution in [0.4, 0.5) is 0 Å². The van der Waals surface area contributed by atoms with Crippen molar-refractivity contribution in [3.8, 4) is 0 Å². The fourth-order valence-electron chi connectivity index (χ4n) is 2.56. The van der Waals surface area contributed by atoms with Crippen LogP contribution in [0.5, 0.6) is 0 Å². The average molecular weight is 296 g/mol. The molecule has 2 saturated heterocycles. The van der Waals surface area contributed by atoms with E-state index in [1.165, 1.54) is 7.11 Å². The van der Waals surface area contributed by atoms with Gasteiger partial charge >= 0.3 is 0 Å². The van der Waals surface area contributed by atoms with Crippen LogP contribution in [-0.2, 0) is 14.2 Å². The molecule has 2 aliphatic heterocycles. The molecule has 0 amide bonds. The topological polar surface area (TPSA) is 149 Å². The zero-order chi connectivity index (χ0) is 15.1. The van der Waals surface area contributed by atoms with Crippen LogP contribution >= 0.6 is 0 Å². The summed E-state index contributed by atoms with van der Waals surface area (Å²) in [5.74, 6) is 0. The highest BCUT2D eigenvalue weighted by Gasteiger charge is 2.59. The van der Waals surface area contributed by atoms with Gasteiger partial charge in [0.15, 0.2) is 6.29 Å². The maximum atomic E-state index is 10.3. The van der Waals surface area contributed by atoms with E-state index in [1.54, 1.807) is 0 Å². The van der Waals surface area contributed by atoms with Gasteiger partial charge in [0, 0.05) is 7.11 Å². The molecule has 0 radical (unpaired) electrons. The number of ether oxygens (including phenoxy) is 3. The van der Waals surface area contributed by atoms with Gasteiger partial charge in [0.1, 0.15) is 42.2 Å². The van der Waals surface area contributed by atoms with Crippen LogP contribution in [0.25, 0.3) is 0 Å². The molecule has 2 fully saturated rings. The lowest BCUT2D eigenvalue weighted by molar-refractivity contribution is -0.206. The van der Waals surface area contributed by atoms with E-state index in [0.29, 0.717) is 0 Å². The fourth-order valence-corrected chi connectivity index (χ4v) is 2.56. The highest BCUT2D eigenvalue weighted by atomic mass is 16.7. The third-order valence-electron chi connectivity index (χ3n) is 3.89. The van der Waals surface area contributed by atoms with Crippen LogP contribution in [0.3, 0.4) is 0 Å². The molecular formula is C11H20O9. The van der Waals surface area contributed by atoms with Crippen LogP contribution in [0.2, 0.25) is 0 Å². The minimum absolute atomic E-state index is 0.444. The van der Waals surface area contributed by atoms with Gasteiger partial charge in [0.2, 0.25) is 0 Å². The van der Waals surface area contributed by atoms with Gasteiger partial charge in [-0.1, -0.05) is 0 Å². The Labute approximate surface area is 114 Å². The number of hydrogen-bond acceptors (Lipinski definition) is 9. The molecule has 0 saturated carbocycles. The molecule has 20 heavy (non-hydrogen) atoms. The van der Waals surface area contributed by atoms with Gasteiger partial charge in [-0.3, -0.25) is 0 Å². The van der Waals surface area contributed by atoms with Crippen LogP contribution in [-0.4, -0.2) is 99.5 Å². The first-order chi connectivity index (χ1) is 9.36. The fraction of sp³-hybridized carbons (Fsp3) is 1.00. The third kappa shape index (κ3) is 2.34. The summed E-state index contributed by atoms with van der Waals surface area (Å²) in [5.41, 5.74) is -2.12. The van der Waals surface area contributed by atoms with Gasteiger partial charge in [-0.2, -0.15) is 0 Å². The maximum Gasteiger partial charge on any atom is 0.186 e. The van der Waals surface area contributed by atoms with Gasteiger partial charge < -0.3 is 44.8 Å². The Morgan fingerprint density at radius 3 is 2.40 bits per heavy atom. The van der Waals surface area contributed by atoms with E-state index in [1.807, 2.05) is 0 Å². The van der Waals surface area contributed by atoms with Gasteiger partial charge in [-0.25, -0.2) is 0 Å². The number of rotatable bonds is 4. The quantitative estimate of drug-likeness (QED) is 0.304. The van der Waals surface area contributed by atoms with E-state index in [2.05, 4.69) is 0 Å². The first-order valence-electron chi connectivity index (χ1n) is 6.22. The molecule has 6 N–H and O–H groups in total. The van der Waals surface area contributed by atoms with Crippen LogP contribution in [0.15, 0.2) is 0 Å². The molecule has 118 valence electrons. The summed E-state index contributed by atoms with van der Waals surface area (Å²) in [7, 11) is 1.25. The second kappa shape index (κ2) is 5.79. The molecule has 0 spiro atoms. The number of aliphatic hydroxyl groups excluding tert-OH is 5. The van der Waals surface area contributed by atoms with Crippen molar-refractivity contribution in [3.63, 3.8) is 0 Å². The summed E-state index contributed by atoms with van der Waals surface area (Å²) in [6.07, 6.45) is -9.75. The Morgan fingerprint density at radius 2 is 1.95 bits per heavy atom. The van der Waals surface area contributed by atoms with Crippen LogP contribution in [0.1, 0.15) is 0 Å². The molecule has 2 aliphatic rings. The standard InChI is InChI=1S/C11H20O9/c1-18-10-6(14)5(13)7(20-10)9(16)11(17)3-19-4(2-12)8(11)15/h4-10,12-17H,2-3H2,1H3/t4-,5+,6+,7+,8-,9?,10+,11+/m1/s1. The van der Waals surface area contributed by atoms with E-state index in [9.17, 15) is 25.5 Å². The van der Waals surface area contributed by atoms with Gasteiger partial charge in [0.25, 0.3) is 0 Å². The molecule has 0 aromatic heterocycles. The van der Waals surface area contributed by atoms with Crippen molar-refractivity contribution in [3.05, 3.63) is 0 Å². The Balaban J connectivity index is 2.13. The van der Waals surface area contributed by atoms with E-state index in [4.69, 9.17) is 19.3 Å². The number of aliphatic hydroxyl groups is 6. The SMILES string of the molecule is CO[C@H]1O[C@H](C(O)[C@]2(O)CO[C@H](CO)[C@H]2O)[C@@H](O)[C@@H]1O. The maximum absolute atomic E-state index is 10.3. The normalized spacial score (nSPS) is 50.5. The summed E-state index contributed by atoms with van der Waals surface area (Å²) in [5, 5.41) is 58.8. The second-order valence-corrected chi connectivity index (χ2v) is 5.10. The number of methoxy groups -OCH3 is 1. The average Bonchev–Trinajstić information content (AvgIpc) is 2.90. The number of hydrogen-bond donors (Lipinski definition) is 6. The summed E-state index contributed by atoms with van der Waals surface area (Å²) in [6, 6.07) is 0. The molecule has 0 bridgehead atoms. The molecule has 8 atom stereocenters. The third-order valence-corrected chi connectivity index (χ3v) is 3.89. The van der Waals surface area contributed by atoms with Crippen LogP contribution < -0.4 is 0 Å².